The zero-order chi connectivity index (χ0) is 13.8. The van der Waals surface area contributed by atoms with Gasteiger partial charge in [0.1, 0.15) is 6.04 Å². The third-order valence-corrected chi connectivity index (χ3v) is 3.25. The summed E-state index contributed by atoms with van der Waals surface area (Å²) >= 11 is 0. The second-order valence-electron chi connectivity index (χ2n) is 4.51. The number of carbonyl (C=O) groups excluding carboxylic acids is 2. The van der Waals surface area contributed by atoms with Crippen LogP contribution in [0, 0.1) is 5.41 Å². The van der Waals surface area contributed by atoms with Gasteiger partial charge in [0.25, 0.3) is 0 Å². The average Bonchev–Trinajstić information content (AvgIpc) is 2.25. The summed E-state index contributed by atoms with van der Waals surface area (Å²) in [5, 5.41) is 13.9. The summed E-state index contributed by atoms with van der Waals surface area (Å²) in [6, 6.07) is -1.34. The van der Waals surface area contributed by atoms with Gasteiger partial charge in [0.05, 0.1) is 12.5 Å². The number of rotatable bonds is 5. The van der Waals surface area contributed by atoms with Crippen molar-refractivity contribution in [1.82, 2.24) is 10.6 Å². The first-order valence-corrected chi connectivity index (χ1v) is 5.77. The summed E-state index contributed by atoms with van der Waals surface area (Å²) in [6.45, 7) is 1.56. The van der Waals surface area contributed by atoms with Crippen LogP contribution < -0.4 is 10.6 Å². The lowest BCUT2D eigenvalue weighted by atomic mass is 9.69. The van der Waals surface area contributed by atoms with Crippen molar-refractivity contribution in [1.29, 1.82) is 0 Å². The summed E-state index contributed by atoms with van der Waals surface area (Å²) < 4.78 is 4.45. The van der Waals surface area contributed by atoms with Crippen LogP contribution in [0.5, 0.6) is 0 Å². The first-order valence-electron chi connectivity index (χ1n) is 5.77. The summed E-state index contributed by atoms with van der Waals surface area (Å²) in [5.74, 6) is -1.45. The predicted octanol–water partition coefficient (Wildman–Crippen LogP) is 0.102. The van der Waals surface area contributed by atoms with E-state index in [4.69, 9.17) is 5.11 Å². The van der Waals surface area contributed by atoms with Crippen LogP contribution in [0.2, 0.25) is 0 Å². The van der Waals surface area contributed by atoms with E-state index in [1.807, 2.05) is 0 Å². The number of urea groups is 1. The third-order valence-electron chi connectivity index (χ3n) is 3.25. The highest BCUT2D eigenvalue weighted by molar-refractivity contribution is 5.83. The van der Waals surface area contributed by atoms with Crippen LogP contribution in [0.3, 0.4) is 0 Å². The molecule has 0 aromatic heterocycles. The molecule has 0 aliphatic heterocycles. The quantitative estimate of drug-likeness (QED) is 0.607. The van der Waals surface area contributed by atoms with Crippen molar-refractivity contribution in [2.45, 2.75) is 32.2 Å². The Hall–Kier alpha value is -1.79. The van der Waals surface area contributed by atoms with Crippen molar-refractivity contribution in [2.75, 3.05) is 13.7 Å². The van der Waals surface area contributed by atoms with Gasteiger partial charge >= 0.3 is 18.0 Å². The number of hydrogen-bond donors (Lipinski definition) is 3. The molecule has 1 aliphatic carbocycles. The van der Waals surface area contributed by atoms with Gasteiger partial charge in [0.2, 0.25) is 0 Å². The van der Waals surface area contributed by atoms with E-state index in [9.17, 15) is 14.4 Å². The number of carboxylic acids is 1. The molecule has 2 amide bonds. The van der Waals surface area contributed by atoms with Gasteiger partial charge in [0.15, 0.2) is 0 Å². The number of nitrogens with one attached hydrogen (secondary N) is 2. The second kappa shape index (κ2) is 5.70. The van der Waals surface area contributed by atoms with Crippen LogP contribution in [-0.2, 0) is 14.3 Å². The lowest BCUT2D eigenvalue weighted by molar-refractivity contribution is -0.153. The highest BCUT2D eigenvalue weighted by Gasteiger charge is 2.44. The number of methoxy groups -OCH3 is 1. The van der Waals surface area contributed by atoms with E-state index in [0.29, 0.717) is 12.8 Å². The zero-order valence-electron chi connectivity index (χ0n) is 10.5. The topological polar surface area (TPSA) is 105 Å². The molecular weight excluding hydrogens is 240 g/mol. The smallest absolute Gasteiger partial charge is 0.328 e. The first kappa shape index (κ1) is 14.3. The highest BCUT2D eigenvalue weighted by Crippen LogP contribution is 2.40. The standard InChI is InChI=1S/C11H18N2O5/c1-7(8(14)18-2)13-10(17)12-6-11(9(15)16)4-3-5-11/h7H,3-6H2,1-2H3,(H,15,16)(H2,12,13,17). The maximum Gasteiger partial charge on any atom is 0.328 e. The molecule has 0 spiro atoms. The van der Waals surface area contributed by atoms with Gasteiger partial charge in [-0.05, 0) is 19.8 Å². The van der Waals surface area contributed by atoms with Gasteiger partial charge in [-0.1, -0.05) is 6.42 Å². The van der Waals surface area contributed by atoms with Crippen molar-refractivity contribution in [3.05, 3.63) is 0 Å². The van der Waals surface area contributed by atoms with E-state index in [1.54, 1.807) is 0 Å². The molecule has 1 fully saturated rings. The molecule has 0 aromatic rings. The van der Waals surface area contributed by atoms with Gasteiger partial charge in [-0.3, -0.25) is 4.79 Å². The summed E-state index contributed by atoms with van der Waals surface area (Å²) in [6.07, 6.45) is 1.98. The van der Waals surface area contributed by atoms with Gasteiger partial charge in [-0.2, -0.15) is 0 Å². The Morgan fingerprint density at radius 2 is 2.00 bits per heavy atom. The molecule has 1 unspecified atom stereocenters. The molecule has 1 aliphatic rings. The van der Waals surface area contributed by atoms with Crippen LogP contribution >= 0.6 is 0 Å². The second-order valence-corrected chi connectivity index (χ2v) is 4.51. The number of amides is 2. The number of carboxylic acid groups (broad SMARTS) is 1. The molecule has 0 heterocycles. The Morgan fingerprint density at radius 3 is 2.39 bits per heavy atom. The molecule has 1 atom stereocenters. The van der Waals surface area contributed by atoms with Crippen LogP contribution in [0.15, 0.2) is 0 Å². The fourth-order valence-electron chi connectivity index (χ4n) is 1.80. The summed E-state index contributed by atoms with van der Waals surface area (Å²) in [4.78, 5) is 33.6. The molecule has 1 saturated carbocycles. The van der Waals surface area contributed by atoms with Gasteiger partial charge < -0.3 is 20.5 Å². The lowest BCUT2D eigenvalue weighted by Gasteiger charge is -2.37. The number of esters is 1. The number of aliphatic carboxylic acids is 1. The number of hydrogen-bond acceptors (Lipinski definition) is 4. The van der Waals surface area contributed by atoms with Crippen molar-refractivity contribution < 1.29 is 24.2 Å². The Balaban J connectivity index is 2.37. The molecule has 3 N–H and O–H groups in total. The molecule has 1 rings (SSSR count). The molecule has 0 radical (unpaired) electrons. The van der Waals surface area contributed by atoms with E-state index >= 15 is 0 Å². The largest absolute Gasteiger partial charge is 0.481 e. The Morgan fingerprint density at radius 1 is 1.39 bits per heavy atom. The number of ether oxygens (including phenoxy) is 1. The highest BCUT2D eigenvalue weighted by atomic mass is 16.5. The number of carbonyl (C=O) groups is 3. The molecule has 18 heavy (non-hydrogen) atoms. The fraction of sp³-hybridized carbons (Fsp3) is 0.727. The minimum atomic E-state index is -0.893. The summed E-state index contributed by atoms with van der Waals surface area (Å²) in [7, 11) is 1.23. The minimum Gasteiger partial charge on any atom is -0.481 e. The predicted molar refractivity (Wildman–Crippen MR) is 61.9 cm³/mol. The Kier molecular flexibility index (Phi) is 4.52. The van der Waals surface area contributed by atoms with E-state index in [1.165, 1.54) is 14.0 Å². The van der Waals surface area contributed by atoms with Gasteiger partial charge in [-0.25, -0.2) is 9.59 Å². The van der Waals surface area contributed by atoms with Crippen molar-refractivity contribution in [3.8, 4) is 0 Å². The zero-order valence-corrected chi connectivity index (χ0v) is 10.5. The molecule has 0 bridgehead atoms. The third kappa shape index (κ3) is 3.12. The van der Waals surface area contributed by atoms with Crippen LogP contribution in [0.25, 0.3) is 0 Å². The SMILES string of the molecule is COC(=O)C(C)NC(=O)NCC1(C(=O)O)CCC1. The average molecular weight is 258 g/mol. The molecule has 7 nitrogen and oxygen atoms in total. The van der Waals surface area contributed by atoms with Gasteiger partial charge in [0, 0.05) is 6.54 Å². The molecule has 102 valence electrons. The van der Waals surface area contributed by atoms with Crippen LogP contribution in [0.4, 0.5) is 4.79 Å². The van der Waals surface area contributed by atoms with Crippen molar-refractivity contribution >= 4 is 18.0 Å². The van der Waals surface area contributed by atoms with E-state index in [2.05, 4.69) is 15.4 Å². The Bertz CT molecular complexity index is 351. The van der Waals surface area contributed by atoms with Crippen molar-refractivity contribution in [2.24, 2.45) is 5.41 Å². The van der Waals surface area contributed by atoms with Crippen LogP contribution in [-0.4, -0.2) is 42.8 Å². The maximum atomic E-state index is 11.5. The molecule has 0 aromatic carbocycles. The van der Waals surface area contributed by atoms with E-state index in [0.717, 1.165) is 6.42 Å². The fourth-order valence-corrected chi connectivity index (χ4v) is 1.80. The minimum absolute atomic E-state index is 0.0715. The summed E-state index contributed by atoms with van der Waals surface area (Å²) in [5.41, 5.74) is -0.841. The monoisotopic (exact) mass is 258 g/mol. The van der Waals surface area contributed by atoms with Gasteiger partial charge in [-0.15, -0.1) is 0 Å². The molecule has 0 saturated heterocycles. The first-order chi connectivity index (χ1) is 8.41. The normalized spacial score (nSPS) is 18.1. The van der Waals surface area contributed by atoms with Crippen LogP contribution in [0.1, 0.15) is 26.2 Å². The molecule has 7 heteroatoms. The van der Waals surface area contributed by atoms with E-state index in [-0.39, 0.29) is 6.54 Å². The Labute approximate surface area is 105 Å². The lowest BCUT2D eigenvalue weighted by Crippen LogP contribution is -2.52. The van der Waals surface area contributed by atoms with Crippen molar-refractivity contribution in [3.63, 3.8) is 0 Å². The van der Waals surface area contributed by atoms with E-state index < -0.39 is 29.4 Å². The molecular formula is C11H18N2O5. The maximum absolute atomic E-state index is 11.5.